The van der Waals surface area contributed by atoms with Gasteiger partial charge in [0.25, 0.3) is 0 Å². The maximum atomic E-state index is 12.8. The van der Waals surface area contributed by atoms with Gasteiger partial charge in [-0.3, -0.25) is 9.59 Å². The lowest BCUT2D eigenvalue weighted by atomic mass is 10.1. The van der Waals surface area contributed by atoms with E-state index in [1.165, 1.54) is 0 Å². The van der Waals surface area contributed by atoms with Gasteiger partial charge in [-0.2, -0.15) is 0 Å². The van der Waals surface area contributed by atoms with Crippen molar-refractivity contribution in [2.45, 2.75) is 6.92 Å². The zero-order chi connectivity index (χ0) is 13.2. The average Bonchev–Trinajstić information content (AvgIpc) is 2.24. The van der Waals surface area contributed by atoms with E-state index in [1.54, 1.807) is 0 Å². The summed E-state index contributed by atoms with van der Waals surface area (Å²) in [6.07, 6.45) is 0. The summed E-state index contributed by atoms with van der Waals surface area (Å²) in [6, 6.07) is 1.12. The van der Waals surface area contributed by atoms with E-state index in [0.717, 1.165) is 6.92 Å². The predicted octanol–water partition coefficient (Wildman–Crippen LogP) is 1.76. The number of carbonyl (C=O) groups is 2. The summed E-state index contributed by atoms with van der Waals surface area (Å²) in [5.41, 5.74) is -0.348. The number of benzene rings is 1. The van der Waals surface area contributed by atoms with Gasteiger partial charge >= 0.3 is 5.97 Å². The Morgan fingerprint density at radius 1 is 1.24 bits per heavy atom. The Balaban J connectivity index is 2.90. The lowest BCUT2D eigenvalue weighted by molar-refractivity contribution is -0.144. The maximum absolute atomic E-state index is 12.8. The Bertz CT molecular complexity index is 453. The molecule has 1 aromatic carbocycles. The largest absolute Gasteiger partial charge is 0.481 e. The van der Waals surface area contributed by atoms with Gasteiger partial charge in [-0.25, -0.2) is 13.2 Å². The topological polar surface area (TPSA) is 66.4 Å². The van der Waals surface area contributed by atoms with Crippen LogP contribution in [0.25, 0.3) is 0 Å². The number of carboxylic acid groups (broad SMARTS) is 1. The van der Waals surface area contributed by atoms with Crippen molar-refractivity contribution in [3.8, 4) is 0 Å². The first-order valence-corrected chi connectivity index (χ1v) is 4.51. The predicted molar refractivity (Wildman–Crippen MR) is 51.7 cm³/mol. The molecule has 1 amide bonds. The fraction of sp³-hybridized carbons (Fsp3) is 0.200. The normalized spacial score (nSPS) is 12.0. The number of amides is 1. The first-order chi connectivity index (χ1) is 7.82. The summed E-state index contributed by atoms with van der Waals surface area (Å²) < 4.78 is 38.1. The molecular formula is C10H8F3NO3. The summed E-state index contributed by atoms with van der Waals surface area (Å²) >= 11 is 0. The van der Waals surface area contributed by atoms with E-state index in [2.05, 4.69) is 0 Å². The zero-order valence-electron chi connectivity index (χ0n) is 8.63. The highest BCUT2D eigenvalue weighted by atomic mass is 19.2. The Hall–Kier alpha value is -2.05. The van der Waals surface area contributed by atoms with E-state index in [0.29, 0.717) is 12.1 Å². The molecular weight excluding hydrogens is 239 g/mol. The van der Waals surface area contributed by atoms with Gasteiger partial charge in [-0.1, -0.05) is 0 Å². The fourth-order valence-corrected chi connectivity index (χ4v) is 0.990. The summed E-state index contributed by atoms with van der Waals surface area (Å²) in [5, 5.41) is 10.5. The molecule has 2 N–H and O–H groups in total. The highest BCUT2D eigenvalue weighted by molar-refractivity contribution is 6.03. The van der Waals surface area contributed by atoms with E-state index < -0.39 is 35.2 Å². The van der Waals surface area contributed by atoms with Crippen molar-refractivity contribution in [2.75, 3.05) is 5.32 Å². The molecule has 0 aliphatic rings. The lowest BCUT2D eigenvalue weighted by Gasteiger charge is -2.08. The van der Waals surface area contributed by atoms with Gasteiger partial charge in [-0.05, 0) is 6.92 Å². The second-order valence-electron chi connectivity index (χ2n) is 3.30. The second kappa shape index (κ2) is 4.86. The highest BCUT2D eigenvalue weighted by Crippen LogP contribution is 2.17. The number of hydrogen-bond donors (Lipinski definition) is 2. The third kappa shape index (κ3) is 2.96. The molecule has 17 heavy (non-hydrogen) atoms. The minimum absolute atomic E-state index is 0.348. The lowest BCUT2D eigenvalue weighted by Crippen LogP contribution is -2.27. The van der Waals surface area contributed by atoms with Crippen LogP contribution < -0.4 is 5.32 Å². The number of hydrogen-bond acceptors (Lipinski definition) is 2. The van der Waals surface area contributed by atoms with Crippen molar-refractivity contribution in [1.29, 1.82) is 0 Å². The first kappa shape index (κ1) is 13.0. The van der Waals surface area contributed by atoms with Crippen LogP contribution in [-0.4, -0.2) is 17.0 Å². The van der Waals surface area contributed by atoms with Crippen molar-refractivity contribution in [3.05, 3.63) is 29.6 Å². The number of nitrogens with one attached hydrogen (secondary N) is 1. The molecule has 0 heterocycles. The Labute approximate surface area is 94.1 Å². The van der Waals surface area contributed by atoms with E-state index in [1.807, 2.05) is 5.32 Å². The van der Waals surface area contributed by atoms with Crippen LogP contribution in [0.2, 0.25) is 0 Å². The van der Waals surface area contributed by atoms with Crippen molar-refractivity contribution >= 4 is 17.6 Å². The highest BCUT2D eigenvalue weighted by Gasteiger charge is 2.21. The summed E-state index contributed by atoms with van der Waals surface area (Å²) in [5.74, 6) is -8.32. The summed E-state index contributed by atoms with van der Waals surface area (Å²) in [7, 11) is 0. The molecule has 0 spiro atoms. The van der Waals surface area contributed by atoms with Crippen molar-refractivity contribution in [1.82, 2.24) is 0 Å². The SMILES string of the molecule is CC(C(=O)O)C(=O)Nc1cc(F)c(F)c(F)c1. The third-order valence-electron chi connectivity index (χ3n) is 2.02. The molecule has 92 valence electrons. The monoisotopic (exact) mass is 247 g/mol. The van der Waals surface area contributed by atoms with Crippen LogP contribution in [0.5, 0.6) is 0 Å². The van der Waals surface area contributed by atoms with E-state index in [-0.39, 0.29) is 5.69 Å². The molecule has 0 aliphatic heterocycles. The molecule has 0 fully saturated rings. The van der Waals surface area contributed by atoms with Gasteiger partial charge in [0.2, 0.25) is 5.91 Å². The van der Waals surface area contributed by atoms with Crippen molar-refractivity contribution < 1.29 is 27.9 Å². The minimum Gasteiger partial charge on any atom is -0.481 e. The molecule has 1 aromatic rings. The zero-order valence-corrected chi connectivity index (χ0v) is 8.63. The van der Waals surface area contributed by atoms with Gasteiger partial charge in [0.15, 0.2) is 17.5 Å². The van der Waals surface area contributed by atoms with Crippen LogP contribution in [0.4, 0.5) is 18.9 Å². The summed E-state index contributed by atoms with van der Waals surface area (Å²) in [6.45, 7) is 1.11. The number of carbonyl (C=O) groups excluding carboxylic acids is 1. The quantitative estimate of drug-likeness (QED) is 0.631. The summed E-state index contributed by atoms with van der Waals surface area (Å²) in [4.78, 5) is 21.7. The molecule has 0 aromatic heterocycles. The number of carboxylic acids is 1. The molecule has 0 radical (unpaired) electrons. The number of rotatable bonds is 3. The standard InChI is InChI=1S/C10H8F3NO3/c1-4(10(16)17)9(15)14-5-2-6(11)8(13)7(12)3-5/h2-4H,1H3,(H,14,15)(H,16,17). The molecule has 0 saturated carbocycles. The van der Waals surface area contributed by atoms with E-state index >= 15 is 0 Å². The van der Waals surface area contributed by atoms with Gasteiger partial charge in [0.05, 0.1) is 0 Å². The van der Waals surface area contributed by atoms with Gasteiger partial charge in [0, 0.05) is 17.8 Å². The van der Waals surface area contributed by atoms with Crippen LogP contribution in [0.1, 0.15) is 6.92 Å². The number of halogens is 3. The minimum atomic E-state index is -1.66. The van der Waals surface area contributed by atoms with Crippen molar-refractivity contribution in [2.24, 2.45) is 5.92 Å². The van der Waals surface area contributed by atoms with Gasteiger partial charge in [0.1, 0.15) is 5.92 Å². The van der Waals surface area contributed by atoms with Gasteiger partial charge < -0.3 is 10.4 Å². The van der Waals surface area contributed by atoms with E-state index in [4.69, 9.17) is 5.11 Å². The molecule has 7 heteroatoms. The molecule has 1 atom stereocenters. The van der Waals surface area contributed by atoms with Crippen LogP contribution in [-0.2, 0) is 9.59 Å². The van der Waals surface area contributed by atoms with Crippen molar-refractivity contribution in [3.63, 3.8) is 0 Å². The Morgan fingerprint density at radius 2 is 1.71 bits per heavy atom. The molecule has 1 rings (SSSR count). The Kier molecular flexibility index (Phi) is 3.72. The average molecular weight is 247 g/mol. The second-order valence-corrected chi connectivity index (χ2v) is 3.30. The molecule has 0 aliphatic carbocycles. The van der Waals surface area contributed by atoms with E-state index in [9.17, 15) is 22.8 Å². The van der Waals surface area contributed by atoms with Crippen LogP contribution in [0, 0.1) is 23.4 Å². The molecule has 0 bridgehead atoms. The van der Waals surface area contributed by atoms with Crippen LogP contribution >= 0.6 is 0 Å². The number of anilines is 1. The molecule has 4 nitrogen and oxygen atoms in total. The molecule has 0 saturated heterocycles. The van der Waals surface area contributed by atoms with Crippen LogP contribution in [0.15, 0.2) is 12.1 Å². The third-order valence-corrected chi connectivity index (χ3v) is 2.02. The molecule has 1 unspecified atom stereocenters. The maximum Gasteiger partial charge on any atom is 0.315 e. The number of aliphatic carboxylic acids is 1. The first-order valence-electron chi connectivity index (χ1n) is 4.51. The van der Waals surface area contributed by atoms with Gasteiger partial charge in [-0.15, -0.1) is 0 Å². The Morgan fingerprint density at radius 3 is 2.12 bits per heavy atom. The van der Waals surface area contributed by atoms with Crippen LogP contribution in [0.3, 0.4) is 0 Å². The smallest absolute Gasteiger partial charge is 0.315 e. The fourth-order valence-electron chi connectivity index (χ4n) is 0.990.